The molecule has 0 saturated heterocycles. The summed E-state index contributed by atoms with van der Waals surface area (Å²) >= 11 is 7.90. The molecular weight excluding hydrogens is 648 g/mol. The first-order valence-corrected chi connectivity index (χ1v) is 13.5. The number of halogens is 5. The molecule has 4 heterocycles. The Hall–Kier alpha value is -3.26. The number of amides is 1. The fourth-order valence-corrected chi connectivity index (χ4v) is 5.49. The maximum Gasteiger partial charge on any atom is 0.333 e. The molecular formula is C26H21ClF3IN6O2. The Morgan fingerprint density at radius 2 is 1.95 bits per heavy atom. The Morgan fingerprint density at radius 3 is 2.69 bits per heavy atom. The molecule has 202 valence electrons. The maximum atomic E-state index is 14.8. The number of pyridine rings is 1. The molecule has 8 nitrogen and oxygen atoms in total. The van der Waals surface area contributed by atoms with E-state index in [4.69, 9.17) is 11.6 Å². The number of carbonyl (C=O) groups is 1. The van der Waals surface area contributed by atoms with Crippen LogP contribution in [0.25, 0.3) is 22.5 Å². The second-order valence-electron chi connectivity index (χ2n) is 9.17. The molecule has 1 aromatic carbocycles. The van der Waals surface area contributed by atoms with Crippen molar-refractivity contribution >= 4 is 45.8 Å². The molecule has 1 amide bonds. The van der Waals surface area contributed by atoms with Crippen molar-refractivity contribution in [3.05, 3.63) is 79.5 Å². The number of benzene rings is 1. The molecule has 0 spiro atoms. The standard InChI is InChI=1S/C26H21ClF3IN6O2/c1-13-3-2-4-20(36-12-33-18(10-21(36)38)22-16(31)6-5-15(27)23(22)28)17-9-14(7-8-32-17)24-19(35-25(13)39)11-34-37(24)26(29)30/h5-13,20,26H,2-4H2,1H3,(H,35,39)/t13-,20+/m1/s1. The minimum Gasteiger partial charge on any atom is -0.323 e. The van der Waals surface area contributed by atoms with Crippen molar-refractivity contribution in [3.8, 4) is 22.5 Å². The van der Waals surface area contributed by atoms with Crippen LogP contribution in [0, 0.1) is 15.3 Å². The lowest BCUT2D eigenvalue weighted by molar-refractivity contribution is -0.119. The van der Waals surface area contributed by atoms with Crippen LogP contribution in [0.1, 0.15) is 44.5 Å². The molecule has 2 bridgehead atoms. The molecule has 0 aliphatic carbocycles. The van der Waals surface area contributed by atoms with Crippen LogP contribution in [-0.2, 0) is 4.79 Å². The van der Waals surface area contributed by atoms with E-state index in [-0.39, 0.29) is 33.6 Å². The van der Waals surface area contributed by atoms with Crippen LogP contribution in [0.15, 0.2) is 53.8 Å². The SMILES string of the molecule is C[C@@H]1CCC[C@H](n2cnc(-c3c(I)ccc(Cl)c3F)cc2=O)c2cc(ccn2)-c2c(cnn2C(F)F)NC1=O. The van der Waals surface area contributed by atoms with E-state index in [1.807, 2.05) is 22.6 Å². The van der Waals surface area contributed by atoms with Crippen molar-refractivity contribution in [1.82, 2.24) is 24.3 Å². The van der Waals surface area contributed by atoms with Crippen molar-refractivity contribution in [2.24, 2.45) is 5.92 Å². The molecule has 0 unspecified atom stereocenters. The third kappa shape index (κ3) is 5.31. The highest BCUT2D eigenvalue weighted by molar-refractivity contribution is 14.1. The second kappa shape index (κ2) is 11.1. The van der Waals surface area contributed by atoms with Gasteiger partial charge in [0.2, 0.25) is 5.91 Å². The monoisotopic (exact) mass is 668 g/mol. The summed E-state index contributed by atoms with van der Waals surface area (Å²) in [7, 11) is 0. The van der Waals surface area contributed by atoms with Gasteiger partial charge in [0.1, 0.15) is 0 Å². The number of aromatic nitrogens is 5. The van der Waals surface area contributed by atoms with Crippen LogP contribution in [0.3, 0.4) is 0 Å². The van der Waals surface area contributed by atoms with Crippen LogP contribution >= 0.6 is 34.2 Å². The number of nitrogens with one attached hydrogen (secondary N) is 1. The fraction of sp³-hybridized carbons (Fsp3) is 0.269. The Labute approximate surface area is 239 Å². The summed E-state index contributed by atoms with van der Waals surface area (Å²) in [4.78, 5) is 35.0. The van der Waals surface area contributed by atoms with Gasteiger partial charge in [0.05, 0.1) is 51.9 Å². The number of hydrogen-bond donors (Lipinski definition) is 1. The number of carbonyl (C=O) groups excluding carboxylic acids is 1. The van der Waals surface area contributed by atoms with E-state index in [2.05, 4.69) is 20.4 Å². The largest absolute Gasteiger partial charge is 0.333 e. The minimum absolute atomic E-state index is 0.0281. The summed E-state index contributed by atoms with van der Waals surface area (Å²) < 4.78 is 44.9. The van der Waals surface area contributed by atoms with Crippen molar-refractivity contribution in [1.29, 1.82) is 0 Å². The van der Waals surface area contributed by atoms with Crippen molar-refractivity contribution in [2.45, 2.75) is 38.8 Å². The highest BCUT2D eigenvalue weighted by Crippen LogP contribution is 2.35. The van der Waals surface area contributed by atoms with E-state index in [9.17, 15) is 22.8 Å². The first-order chi connectivity index (χ1) is 18.7. The molecule has 2 atom stereocenters. The number of nitrogens with zero attached hydrogens (tertiary/aromatic N) is 5. The van der Waals surface area contributed by atoms with E-state index < -0.39 is 29.9 Å². The predicted octanol–water partition coefficient (Wildman–Crippen LogP) is 6.31. The normalized spacial score (nSPS) is 17.8. The van der Waals surface area contributed by atoms with Crippen LogP contribution in [0.5, 0.6) is 0 Å². The Kier molecular flexibility index (Phi) is 7.76. The van der Waals surface area contributed by atoms with Gasteiger partial charge in [0.25, 0.3) is 5.56 Å². The quantitative estimate of drug-likeness (QED) is 0.204. The average molecular weight is 669 g/mol. The highest BCUT2D eigenvalue weighted by atomic mass is 127. The Bertz CT molecular complexity index is 1630. The van der Waals surface area contributed by atoms with Gasteiger partial charge in [-0.05, 0) is 59.7 Å². The van der Waals surface area contributed by atoms with Gasteiger partial charge in [-0.15, -0.1) is 0 Å². The van der Waals surface area contributed by atoms with E-state index in [1.54, 1.807) is 19.1 Å². The predicted molar refractivity (Wildman–Crippen MR) is 148 cm³/mol. The first-order valence-electron chi connectivity index (χ1n) is 12.0. The summed E-state index contributed by atoms with van der Waals surface area (Å²) in [6.45, 7) is -1.20. The number of hydrogen-bond acceptors (Lipinski definition) is 5. The molecule has 5 rings (SSSR count). The molecule has 1 N–H and O–H groups in total. The van der Waals surface area contributed by atoms with Gasteiger partial charge >= 0.3 is 6.55 Å². The second-order valence-corrected chi connectivity index (χ2v) is 10.7. The zero-order valence-corrected chi connectivity index (χ0v) is 23.3. The van der Waals surface area contributed by atoms with Gasteiger partial charge in [-0.2, -0.15) is 13.9 Å². The van der Waals surface area contributed by atoms with Crippen molar-refractivity contribution < 1.29 is 18.0 Å². The molecule has 4 aromatic rings. The Morgan fingerprint density at radius 1 is 1.15 bits per heavy atom. The van der Waals surface area contributed by atoms with Crippen molar-refractivity contribution in [2.75, 3.05) is 5.32 Å². The summed E-state index contributed by atoms with van der Waals surface area (Å²) in [5.41, 5.74) is 0.774. The zero-order chi connectivity index (χ0) is 27.8. The summed E-state index contributed by atoms with van der Waals surface area (Å²) in [6, 6.07) is 6.81. The summed E-state index contributed by atoms with van der Waals surface area (Å²) in [5, 5.41) is 6.41. The Balaban J connectivity index is 1.63. The molecule has 1 aliphatic rings. The lowest BCUT2D eigenvalue weighted by Crippen LogP contribution is -2.27. The van der Waals surface area contributed by atoms with Crippen LogP contribution in [0.4, 0.5) is 18.9 Å². The van der Waals surface area contributed by atoms with E-state index >= 15 is 0 Å². The summed E-state index contributed by atoms with van der Waals surface area (Å²) in [5.74, 6) is -1.42. The van der Waals surface area contributed by atoms with Gasteiger partial charge in [-0.1, -0.05) is 24.9 Å². The van der Waals surface area contributed by atoms with Gasteiger partial charge in [-0.3, -0.25) is 19.1 Å². The molecule has 39 heavy (non-hydrogen) atoms. The van der Waals surface area contributed by atoms with Gasteiger partial charge in [0, 0.05) is 27.3 Å². The maximum absolute atomic E-state index is 14.8. The van der Waals surface area contributed by atoms with Gasteiger partial charge < -0.3 is 5.32 Å². The molecule has 0 saturated carbocycles. The molecule has 1 aliphatic heterocycles. The first kappa shape index (κ1) is 27.3. The minimum atomic E-state index is -2.95. The number of anilines is 1. The third-order valence-corrected chi connectivity index (χ3v) is 7.86. The lowest BCUT2D eigenvalue weighted by Gasteiger charge is -2.22. The number of fused-ring (bicyclic) bond motifs is 4. The zero-order valence-electron chi connectivity index (χ0n) is 20.4. The third-order valence-electron chi connectivity index (χ3n) is 6.67. The van der Waals surface area contributed by atoms with Crippen LogP contribution < -0.4 is 10.9 Å². The van der Waals surface area contributed by atoms with Gasteiger partial charge in [-0.25, -0.2) is 14.1 Å². The number of alkyl halides is 2. The summed E-state index contributed by atoms with van der Waals surface area (Å²) in [6.07, 6.45) is 5.43. The van der Waals surface area contributed by atoms with E-state index in [1.165, 1.54) is 41.5 Å². The molecule has 13 heteroatoms. The highest BCUT2D eigenvalue weighted by Gasteiger charge is 2.26. The topological polar surface area (TPSA) is 94.7 Å². The molecule has 3 aromatic heterocycles. The molecule has 0 radical (unpaired) electrons. The lowest BCUT2D eigenvalue weighted by atomic mass is 9.97. The van der Waals surface area contributed by atoms with E-state index in [0.29, 0.717) is 38.8 Å². The average Bonchev–Trinajstić information content (AvgIpc) is 3.33. The smallest absolute Gasteiger partial charge is 0.323 e. The molecule has 0 fully saturated rings. The number of rotatable bonds is 3. The van der Waals surface area contributed by atoms with E-state index in [0.717, 1.165) is 0 Å². The van der Waals surface area contributed by atoms with Crippen LogP contribution in [0.2, 0.25) is 5.02 Å². The van der Waals surface area contributed by atoms with Crippen molar-refractivity contribution in [3.63, 3.8) is 0 Å². The van der Waals surface area contributed by atoms with Gasteiger partial charge in [0.15, 0.2) is 5.82 Å². The fourth-order valence-electron chi connectivity index (χ4n) is 4.64. The van der Waals surface area contributed by atoms with Crippen LogP contribution in [-0.4, -0.2) is 30.2 Å².